The van der Waals surface area contributed by atoms with E-state index in [4.69, 9.17) is 14.2 Å². The number of hydrogen-bond acceptors (Lipinski definition) is 7. The third kappa shape index (κ3) is 3.41. The van der Waals surface area contributed by atoms with Crippen LogP contribution >= 0.6 is 0 Å². The SMILES string of the molecule is COc1ccc(N2C(=O)C(=O)/C(=C(\O)c3ccc4c(c3)OCO4)C2c2ccc(O)cc2)cc1. The molecule has 2 N–H and O–H groups in total. The molecule has 0 spiro atoms. The summed E-state index contributed by atoms with van der Waals surface area (Å²) in [6.07, 6.45) is 0. The van der Waals surface area contributed by atoms with Gasteiger partial charge >= 0.3 is 0 Å². The minimum Gasteiger partial charge on any atom is -0.508 e. The lowest BCUT2D eigenvalue weighted by Crippen LogP contribution is -2.29. The first kappa shape index (κ1) is 20.4. The first-order valence-corrected chi connectivity index (χ1v) is 10.1. The van der Waals surface area contributed by atoms with Crippen molar-refractivity contribution in [2.75, 3.05) is 18.8 Å². The van der Waals surface area contributed by atoms with Gasteiger partial charge < -0.3 is 24.4 Å². The summed E-state index contributed by atoms with van der Waals surface area (Å²) < 4.78 is 15.9. The molecule has 0 saturated carbocycles. The number of amides is 1. The lowest BCUT2D eigenvalue weighted by molar-refractivity contribution is -0.132. The molecule has 1 atom stereocenters. The number of aliphatic hydroxyl groups excluding tert-OH is 1. The second-order valence-electron chi connectivity index (χ2n) is 7.53. The predicted octanol–water partition coefficient (Wildman–Crippen LogP) is 3.76. The molecule has 3 aromatic carbocycles. The third-order valence-electron chi connectivity index (χ3n) is 5.65. The van der Waals surface area contributed by atoms with Crippen LogP contribution in [0.3, 0.4) is 0 Å². The fourth-order valence-electron chi connectivity index (χ4n) is 4.01. The number of methoxy groups -OCH3 is 1. The lowest BCUT2D eigenvalue weighted by atomic mass is 9.95. The van der Waals surface area contributed by atoms with Gasteiger partial charge in [-0.25, -0.2) is 0 Å². The quantitative estimate of drug-likeness (QED) is 0.358. The number of Topliss-reactive ketones (excluding diaryl/α,β-unsaturated/α-hetero) is 1. The van der Waals surface area contributed by atoms with Gasteiger partial charge in [0, 0.05) is 11.3 Å². The predicted molar refractivity (Wildman–Crippen MR) is 118 cm³/mol. The number of phenolic OH excluding ortho intramolecular Hbond substituents is 1. The highest BCUT2D eigenvalue weighted by molar-refractivity contribution is 6.51. The molecule has 0 aromatic heterocycles. The standard InChI is InChI=1S/C25H19NO7/c1-31-18-9-5-16(6-10-18)26-22(14-2-7-17(27)8-3-14)21(24(29)25(26)30)23(28)15-4-11-19-20(12-15)33-13-32-19/h2-12,22,27-28H,13H2,1H3/b23-21-. The molecule has 5 rings (SSSR count). The number of benzene rings is 3. The topological polar surface area (TPSA) is 106 Å². The van der Waals surface area contributed by atoms with E-state index in [1.165, 1.54) is 24.1 Å². The summed E-state index contributed by atoms with van der Waals surface area (Å²) in [7, 11) is 1.53. The van der Waals surface area contributed by atoms with Crippen molar-refractivity contribution in [3.05, 3.63) is 83.4 Å². The second-order valence-corrected chi connectivity index (χ2v) is 7.53. The fraction of sp³-hybridized carbons (Fsp3) is 0.120. The first-order chi connectivity index (χ1) is 16.0. The second kappa shape index (κ2) is 7.90. The highest BCUT2D eigenvalue weighted by atomic mass is 16.7. The summed E-state index contributed by atoms with van der Waals surface area (Å²) in [6.45, 7) is 0.0644. The lowest BCUT2D eigenvalue weighted by Gasteiger charge is -2.25. The molecule has 8 nitrogen and oxygen atoms in total. The zero-order valence-electron chi connectivity index (χ0n) is 17.5. The minimum atomic E-state index is -0.913. The van der Waals surface area contributed by atoms with E-state index in [-0.39, 0.29) is 23.9 Å². The van der Waals surface area contributed by atoms with E-state index >= 15 is 0 Å². The van der Waals surface area contributed by atoms with Gasteiger partial charge in [0.25, 0.3) is 11.7 Å². The van der Waals surface area contributed by atoms with E-state index < -0.39 is 17.7 Å². The van der Waals surface area contributed by atoms with Crippen molar-refractivity contribution >= 4 is 23.1 Å². The molecule has 2 heterocycles. The van der Waals surface area contributed by atoms with Crippen LogP contribution in [0.2, 0.25) is 0 Å². The van der Waals surface area contributed by atoms with Gasteiger partial charge in [0.1, 0.15) is 17.3 Å². The zero-order valence-corrected chi connectivity index (χ0v) is 17.5. The maximum absolute atomic E-state index is 13.2. The number of hydrogen-bond donors (Lipinski definition) is 2. The van der Waals surface area contributed by atoms with Crippen molar-refractivity contribution in [2.24, 2.45) is 0 Å². The molecule has 0 bridgehead atoms. The number of nitrogens with zero attached hydrogens (tertiary/aromatic N) is 1. The van der Waals surface area contributed by atoms with Gasteiger partial charge in [0.2, 0.25) is 6.79 Å². The van der Waals surface area contributed by atoms with Crippen LogP contribution in [-0.2, 0) is 9.59 Å². The molecule has 0 radical (unpaired) electrons. The van der Waals surface area contributed by atoms with E-state index in [1.807, 2.05) is 0 Å². The van der Waals surface area contributed by atoms with Crippen LogP contribution in [0.5, 0.6) is 23.0 Å². The molecular weight excluding hydrogens is 426 g/mol. The Hall–Kier alpha value is -4.46. The van der Waals surface area contributed by atoms with Crippen molar-refractivity contribution in [3.63, 3.8) is 0 Å². The number of aliphatic hydroxyl groups is 1. The summed E-state index contributed by atoms with van der Waals surface area (Å²) in [6, 6.07) is 16.7. The van der Waals surface area contributed by atoms with E-state index in [0.717, 1.165) is 0 Å². The molecule has 33 heavy (non-hydrogen) atoms. The Bertz CT molecular complexity index is 1280. The van der Waals surface area contributed by atoms with Crippen LogP contribution < -0.4 is 19.1 Å². The molecule has 3 aromatic rings. The summed E-state index contributed by atoms with van der Waals surface area (Å²) >= 11 is 0. The summed E-state index contributed by atoms with van der Waals surface area (Å²) in [4.78, 5) is 27.6. The number of ether oxygens (including phenoxy) is 3. The Kier molecular flexibility index (Phi) is 4.90. The van der Waals surface area contributed by atoms with E-state index in [1.54, 1.807) is 54.6 Å². The Morgan fingerprint density at radius 2 is 1.67 bits per heavy atom. The number of aromatic hydroxyl groups is 1. The van der Waals surface area contributed by atoms with Crippen LogP contribution in [0.25, 0.3) is 5.76 Å². The van der Waals surface area contributed by atoms with Gasteiger partial charge in [-0.05, 0) is 60.2 Å². The van der Waals surface area contributed by atoms with Crippen LogP contribution in [-0.4, -0.2) is 35.8 Å². The van der Waals surface area contributed by atoms with Crippen molar-refractivity contribution in [3.8, 4) is 23.0 Å². The molecule has 1 unspecified atom stereocenters. The molecule has 0 aliphatic carbocycles. The Labute approximate surface area is 188 Å². The average molecular weight is 445 g/mol. The molecule has 2 aliphatic rings. The number of rotatable bonds is 4. The van der Waals surface area contributed by atoms with Crippen LogP contribution in [0, 0.1) is 0 Å². The Balaban J connectivity index is 1.68. The number of carbonyl (C=O) groups excluding carboxylic acids is 2. The monoisotopic (exact) mass is 445 g/mol. The van der Waals surface area contributed by atoms with Gasteiger partial charge in [0.05, 0.1) is 18.7 Å². The van der Waals surface area contributed by atoms with Gasteiger partial charge in [-0.15, -0.1) is 0 Å². The van der Waals surface area contributed by atoms with Crippen molar-refractivity contribution in [1.82, 2.24) is 0 Å². The summed E-state index contributed by atoms with van der Waals surface area (Å²) in [5, 5.41) is 20.9. The number of phenols is 1. The van der Waals surface area contributed by atoms with E-state index in [2.05, 4.69) is 0 Å². The number of fused-ring (bicyclic) bond motifs is 1. The van der Waals surface area contributed by atoms with Gasteiger partial charge in [-0.3, -0.25) is 14.5 Å². The molecular formula is C25H19NO7. The maximum atomic E-state index is 13.2. The number of anilines is 1. The minimum absolute atomic E-state index is 0.0379. The summed E-state index contributed by atoms with van der Waals surface area (Å²) in [5.41, 5.74) is 1.25. The zero-order chi connectivity index (χ0) is 23.1. The summed E-state index contributed by atoms with van der Waals surface area (Å²) in [5.74, 6) is -0.335. The molecule has 1 fully saturated rings. The fourth-order valence-corrected chi connectivity index (χ4v) is 4.01. The molecule has 166 valence electrons. The Morgan fingerprint density at radius 3 is 2.36 bits per heavy atom. The maximum Gasteiger partial charge on any atom is 0.300 e. The normalized spacial score (nSPS) is 18.6. The van der Waals surface area contributed by atoms with Crippen molar-refractivity contribution in [1.29, 1.82) is 0 Å². The van der Waals surface area contributed by atoms with Crippen LogP contribution in [0.4, 0.5) is 5.69 Å². The highest BCUT2D eigenvalue weighted by Crippen LogP contribution is 2.43. The molecule has 1 saturated heterocycles. The van der Waals surface area contributed by atoms with Gasteiger partial charge in [0.15, 0.2) is 11.5 Å². The number of ketones is 1. The molecule has 8 heteroatoms. The highest BCUT2D eigenvalue weighted by Gasteiger charge is 2.47. The van der Waals surface area contributed by atoms with E-state index in [9.17, 15) is 19.8 Å². The third-order valence-corrected chi connectivity index (χ3v) is 5.65. The smallest absolute Gasteiger partial charge is 0.300 e. The molecule has 2 aliphatic heterocycles. The van der Waals surface area contributed by atoms with Crippen LogP contribution in [0.15, 0.2) is 72.3 Å². The average Bonchev–Trinajstić information content (AvgIpc) is 3.41. The largest absolute Gasteiger partial charge is 0.508 e. The van der Waals surface area contributed by atoms with Gasteiger partial charge in [-0.2, -0.15) is 0 Å². The van der Waals surface area contributed by atoms with E-state index in [0.29, 0.717) is 34.1 Å². The number of carbonyl (C=O) groups is 2. The van der Waals surface area contributed by atoms with Gasteiger partial charge in [-0.1, -0.05) is 12.1 Å². The molecule has 1 amide bonds. The Morgan fingerprint density at radius 1 is 0.970 bits per heavy atom. The van der Waals surface area contributed by atoms with Crippen LogP contribution in [0.1, 0.15) is 17.2 Å². The first-order valence-electron chi connectivity index (χ1n) is 10.1. The van der Waals surface area contributed by atoms with Crippen molar-refractivity contribution < 1.29 is 34.0 Å². The van der Waals surface area contributed by atoms with Crippen molar-refractivity contribution in [2.45, 2.75) is 6.04 Å².